The van der Waals surface area contributed by atoms with E-state index >= 15 is 0 Å². The van der Waals surface area contributed by atoms with Crippen molar-refractivity contribution in [3.8, 4) is 0 Å². The average Bonchev–Trinajstić information content (AvgIpc) is 2.63. The Labute approximate surface area is 158 Å². The number of unbranched alkanes of at least 4 members (excludes halogenated alkanes) is 11. The summed E-state index contributed by atoms with van der Waals surface area (Å²) in [7, 11) is 0. The first-order chi connectivity index (χ1) is 12.7. The lowest BCUT2D eigenvalue weighted by Gasteiger charge is -2.01. The van der Waals surface area contributed by atoms with Gasteiger partial charge in [0, 0.05) is 6.08 Å². The first-order valence-corrected chi connectivity index (χ1v) is 9.96. The summed E-state index contributed by atoms with van der Waals surface area (Å²) in [5.41, 5.74) is 0. The zero-order chi connectivity index (χ0) is 19.3. The first kappa shape index (κ1) is 24.2. The van der Waals surface area contributed by atoms with Gasteiger partial charge in [-0.3, -0.25) is 0 Å². The van der Waals surface area contributed by atoms with E-state index in [4.69, 9.17) is 10.4 Å². The molecule has 0 aromatic rings. The highest BCUT2D eigenvalue weighted by molar-refractivity contribution is 5.80. The third-order valence-corrected chi connectivity index (χ3v) is 4.08. The van der Waals surface area contributed by atoms with E-state index in [-0.39, 0.29) is 0 Å². The maximum atomic E-state index is 10.3. The van der Waals surface area contributed by atoms with Gasteiger partial charge in [0.1, 0.15) is 0 Å². The highest BCUT2D eigenvalue weighted by Crippen LogP contribution is 2.12. The van der Waals surface area contributed by atoms with Crippen LogP contribution in [-0.4, -0.2) is 16.3 Å². The maximum absolute atomic E-state index is 10.3. The number of hydrogen-bond acceptors (Lipinski definition) is 3. The number of hydrogen-bond donors (Lipinski definition) is 2. The van der Waals surface area contributed by atoms with Gasteiger partial charge in [0.15, 0.2) is 5.76 Å². The van der Waals surface area contributed by atoms with Crippen molar-refractivity contribution in [1.82, 2.24) is 0 Å². The fourth-order valence-corrected chi connectivity index (χ4v) is 2.59. The van der Waals surface area contributed by atoms with Crippen molar-refractivity contribution in [2.24, 2.45) is 0 Å². The van der Waals surface area contributed by atoms with E-state index in [9.17, 15) is 4.79 Å². The summed E-state index contributed by atoms with van der Waals surface area (Å²) in [6.45, 7) is 2.25. The Balaban J connectivity index is 3.64. The summed E-state index contributed by atoms with van der Waals surface area (Å²) in [4.78, 5) is 14.6. The van der Waals surface area contributed by atoms with E-state index in [1.807, 2.05) is 6.08 Å². The van der Waals surface area contributed by atoms with Crippen LogP contribution in [-0.2, 0) is 9.68 Å². The van der Waals surface area contributed by atoms with Crippen molar-refractivity contribution in [3.63, 3.8) is 0 Å². The molecule has 0 aliphatic carbocycles. The van der Waals surface area contributed by atoms with Gasteiger partial charge in [-0.2, -0.15) is 0 Å². The summed E-state index contributed by atoms with van der Waals surface area (Å²) in [6, 6.07) is 0. The smallest absolute Gasteiger partial charge is 0.328 e. The van der Waals surface area contributed by atoms with E-state index in [0.717, 1.165) is 18.9 Å². The van der Waals surface area contributed by atoms with Crippen LogP contribution in [0.5, 0.6) is 0 Å². The lowest BCUT2D eigenvalue weighted by Crippen LogP contribution is -1.84. The van der Waals surface area contributed by atoms with Crippen LogP contribution in [0.25, 0.3) is 0 Å². The molecule has 4 heteroatoms. The van der Waals surface area contributed by atoms with Gasteiger partial charge >= 0.3 is 5.97 Å². The second kappa shape index (κ2) is 19.5. The van der Waals surface area contributed by atoms with Crippen molar-refractivity contribution in [2.45, 2.75) is 84.0 Å². The first-order valence-electron chi connectivity index (χ1n) is 9.96. The van der Waals surface area contributed by atoms with Crippen LogP contribution in [0.4, 0.5) is 0 Å². The van der Waals surface area contributed by atoms with Gasteiger partial charge in [0.25, 0.3) is 0 Å². The molecule has 0 rings (SSSR count). The van der Waals surface area contributed by atoms with Crippen LogP contribution in [0.3, 0.4) is 0 Å². The lowest BCUT2D eigenvalue weighted by atomic mass is 10.1. The molecule has 2 N–H and O–H groups in total. The molecule has 0 radical (unpaired) electrons. The van der Waals surface area contributed by atoms with Crippen LogP contribution >= 0.6 is 0 Å². The Hall–Kier alpha value is -1.81. The SMILES string of the molecule is CCCCCCCCCCCCCC=CC(=CC=CC=CC(=O)O)OO. The topological polar surface area (TPSA) is 66.8 Å². The summed E-state index contributed by atoms with van der Waals surface area (Å²) in [6.07, 6.45) is 26.5. The largest absolute Gasteiger partial charge is 0.478 e. The van der Waals surface area contributed by atoms with Gasteiger partial charge < -0.3 is 9.99 Å². The molecule has 0 atom stereocenters. The fourth-order valence-electron chi connectivity index (χ4n) is 2.59. The Bertz CT molecular complexity index is 447. The van der Waals surface area contributed by atoms with Gasteiger partial charge in [0.05, 0.1) is 0 Å². The molecular formula is C22H36O4. The van der Waals surface area contributed by atoms with Crippen LogP contribution in [0.2, 0.25) is 0 Å². The zero-order valence-electron chi connectivity index (χ0n) is 16.2. The molecule has 0 fully saturated rings. The highest BCUT2D eigenvalue weighted by atomic mass is 17.1. The quantitative estimate of drug-likeness (QED) is 0.0742. The second-order valence-electron chi connectivity index (χ2n) is 6.47. The van der Waals surface area contributed by atoms with Crippen LogP contribution < -0.4 is 0 Å². The Kier molecular flexibility index (Phi) is 18.2. The van der Waals surface area contributed by atoms with Gasteiger partial charge in [-0.05, 0) is 25.0 Å². The van der Waals surface area contributed by atoms with Gasteiger partial charge in [-0.15, -0.1) is 0 Å². The molecule has 0 saturated heterocycles. The number of carboxylic acids is 1. The average molecular weight is 365 g/mol. The second-order valence-corrected chi connectivity index (χ2v) is 6.47. The Morgan fingerprint density at radius 2 is 1.38 bits per heavy atom. The summed E-state index contributed by atoms with van der Waals surface area (Å²) in [5, 5.41) is 17.2. The zero-order valence-corrected chi connectivity index (χ0v) is 16.2. The van der Waals surface area contributed by atoms with E-state index < -0.39 is 5.97 Å². The van der Waals surface area contributed by atoms with E-state index in [2.05, 4.69) is 11.8 Å². The van der Waals surface area contributed by atoms with Crippen molar-refractivity contribution in [1.29, 1.82) is 0 Å². The Morgan fingerprint density at radius 3 is 1.92 bits per heavy atom. The molecular weight excluding hydrogens is 328 g/mol. The molecule has 0 bridgehead atoms. The van der Waals surface area contributed by atoms with Crippen molar-refractivity contribution in [2.75, 3.05) is 0 Å². The molecule has 148 valence electrons. The number of allylic oxidation sites excluding steroid dienone is 6. The summed E-state index contributed by atoms with van der Waals surface area (Å²) < 4.78 is 0. The van der Waals surface area contributed by atoms with Gasteiger partial charge in [-0.25, -0.2) is 10.1 Å². The summed E-state index contributed by atoms with van der Waals surface area (Å²) in [5.74, 6) is -0.669. The lowest BCUT2D eigenvalue weighted by molar-refractivity contribution is -0.198. The van der Waals surface area contributed by atoms with Crippen LogP contribution in [0, 0.1) is 0 Å². The van der Waals surface area contributed by atoms with E-state index in [0.29, 0.717) is 5.76 Å². The molecule has 0 aliphatic rings. The fraction of sp³-hybridized carbons (Fsp3) is 0.591. The van der Waals surface area contributed by atoms with Crippen LogP contribution in [0.1, 0.15) is 84.0 Å². The third kappa shape index (κ3) is 18.5. The number of carbonyl (C=O) groups is 1. The standard InChI is InChI=1S/C22H36O4/c1-2-3-4-5-6-7-8-9-10-11-12-13-15-18-21(26-25)19-16-14-17-20-22(23)24/h14-20,25H,2-13H2,1H3,(H,23,24). The summed E-state index contributed by atoms with van der Waals surface area (Å²) >= 11 is 0. The maximum Gasteiger partial charge on any atom is 0.328 e. The Morgan fingerprint density at radius 1 is 0.808 bits per heavy atom. The van der Waals surface area contributed by atoms with Crippen molar-refractivity contribution >= 4 is 5.97 Å². The van der Waals surface area contributed by atoms with E-state index in [1.54, 1.807) is 24.3 Å². The molecule has 4 nitrogen and oxygen atoms in total. The predicted molar refractivity (Wildman–Crippen MR) is 108 cm³/mol. The number of carboxylic acid groups (broad SMARTS) is 1. The minimum atomic E-state index is -0.996. The molecule has 0 aromatic heterocycles. The molecule has 0 amide bonds. The minimum Gasteiger partial charge on any atom is -0.478 e. The normalized spacial score (nSPS) is 12.6. The number of rotatable bonds is 17. The number of aliphatic carboxylic acids is 1. The van der Waals surface area contributed by atoms with Crippen molar-refractivity contribution < 1.29 is 20.0 Å². The highest BCUT2D eigenvalue weighted by Gasteiger charge is 1.93. The molecule has 0 unspecified atom stereocenters. The molecule has 0 spiro atoms. The molecule has 26 heavy (non-hydrogen) atoms. The monoisotopic (exact) mass is 364 g/mol. The predicted octanol–water partition coefficient (Wildman–Crippen LogP) is 6.81. The molecule has 0 saturated carbocycles. The molecule has 0 aromatic carbocycles. The van der Waals surface area contributed by atoms with Gasteiger partial charge in [0.2, 0.25) is 0 Å². The van der Waals surface area contributed by atoms with E-state index in [1.165, 1.54) is 70.3 Å². The molecule has 0 aliphatic heterocycles. The van der Waals surface area contributed by atoms with Crippen molar-refractivity contribution in [3.05, 3.63) is 48.3 Å². The molecule has 0 heterocycles. The van der Waals surface area contributed by atoms with Gasteiger partial charge in [-0.1, -0.05) is 95.4 Å². The van der Waals surface area contributed by atoms with Crippen LogP contribution in [0.15, 0.2) is 48.3 Å². The third-order valence-electron chi connectivity index (χ3n) is 4.08. The minimum absolute atomic E-state index is 0.327.